The standard InChI is InChI=1S/C18H25NO4S/c1-18(2,3)23-17(22)19-11-12-9-14(20)15(10-12)24-16(21)13-7-5-4-6-8-13/h4-8,12,14-15,20H,9-11H2,1-3H3,(H,19,22)/t12-,14-,15-/m1/s1. The molecule has 0 aromatic heterocycles. The maximum absolute atomic E-state index is 12.2. The van der Waals surface area contributed by atoms with E-state index in [0.29, 0.717) is 24.9 Å². The third-order valence-electron chi connectivity index (χ3n) is 3.77. The molecule has 1 aromatic carbocycles. The van der Waals surface area contributed by atoms with Crippen LogP contribution in [0.2, 0.25) is 0 Å². The molecule has 132 valence electrons. The molecule has 1 aliphatic carbocycles. The summed E-state index contributed by atoms with van der Waals surface area (Å²) in [4.78, 5) is 23.9. The van der Waals surface area contributed by atoms with Gasteiger partial charge in [0, 0.05) is 17.4 Å². The monoisotopic (exact) mass is 351 g/mol. The average molecular weight is 351 g/mol. The van der Waals surface area contributed by atoms with Crippen molar-refractivity contribution in [1.82, 2.24) is 5.32 Å². The maximum atomic E-state index is 12.2. The van der Waals surface area contributed by atoms with Gasteiger partial charge in [0.1, 0.15) is 5.60 Å². The summed E-state index contributed by atoms with van der Waals surface area (Å²) in [6.45, 7) is 5.89. The van der Waals surface area contributed by atoms with Crippen LogP contribution in [0, 0.1) is 5.92 Å². The van der Waals surface area contributed by atoms with Gasteiger partial charge in [-0.2, -0.15) is 0 Å². The molecule has 1 saturated carbocycles. The molecule has 0 heterocycles. The molecule has 2 N–H and O–H groups in total. The summed E-state index contributed by atoms with van der Waals surface area (Å²) >= 11 is 1.18. The largest absolute Gasteiger partial charge is 0.444 e. The van der Waals surface area contributed by atoms with Gasteiger partial charge in [-0.15, -0.1) is 0 Å². The minimum absolute atomic E-state index is 0.0274. The van der Waals surface area contributed by atoms with E-state index in [4.69, 9.17) is 4.74 Å². The Labute approximate surface area is 147 Å². The van der Waals surface area contributed by atoms with Crippen molar-refractivity contribution in [3.8, 4) is 0 Å². The predicted octanol–water partition coefficient (Wildman–Crippen LogP) is 3.22. The van der Waals surface area contributed by atoms with Gasteiger partial charge < -0.3 is 15.2 Å². The number of carbonyl (C=O) groups is 2. The molecule has 0 unspecified atom stereocenters. The van der Waals surface area contributed by atoms with Crippen LogP contribution < -0.4 is 5.32 Å². The third-order valence-corrected chi connectivity index (χ3v) is 5.03. The summed E-state index contributed by atoms with van der Waals surface area (Å²) in [5.74, 6) is 0.147. The van der Waals surface area contributed by atoms with Gasteiger partial charge in [0.25, 0.3) is 0 Å². The summed E-state index contributed by atoms with van der Waals surface area (Å²) in [6, 6.07) is 9.07. The SMILES string of the molecule is CC(C)(C)OC(=O)NC[C@@H]1C[C@@H](O)[C@H](SC(=O)c2ccccc2)C1. The molecule has 1 fully saturated rings. The smallest absolute Gasteiger partial charge is 0.407 e. The normalized spacial score (nSPS) is 23.8. The number of benzene rings is 1. The number of hydrogen-bond acceptors (Lipinski definition) is 5. The van der Waals surface area contributed by atoms with Crippen molar-refractivity contribution in [3.63, 3.8) is 0 Å². The number of carbonyl (C=O) groups excluding carboxylic acids is 2. The van der Waals surface area contributed by atoms with Crippen LogP contribution in [0.3, 0.4) is 0 Å². The zero-order chi connectivity index (χ0) is 17.7. The van der Waals surface area contributed by atoms with Crippen LogP contribution in [-0.2, 0) is 4.74 Å². The van der Waals surface area contributed by atoms with E-state index >= 15 is 0 Å². The molecule has 0 radical (unpaired) electrons. The molecule has 24 heavy (non-hydrogen) atoms. The van der Waals surface area contributed by atoms with Gasteiger partial charge in [0.05, 0.1) is 6.10 Å². The molecule has 0 saturated heterocycles. The molecule has 1 aromatic rings. The van der Waals surface area contributed by atoms with Crippen LogP contribution in [0.15, 0.2) is 30.3 Å². The second kappa shape index (κ2) is 8.03. The van der Waals surface area contributed by atoms with E-state index in [9.17, 15) is 14.7 Å². The fourth-order valence-corrected chi connectivity index (χ4v) is 3.87. The van der Waals surface area contributed by atoms with Gasteiger partial charge in [-0.25, -0.2) is 4.79 Å². The Bertz CT molecular complexity index is 570. The Balaban J connectivity index is 1.80. The predicted molar refractivity (Wildman–Crippen MR) is 95.1 cm³/mol. The molecule has 5 nitrogen and oxygen atoms in total. The van der Waals surface area contributed by atoms with E-state index in [1.807, 2.05) is 39.0 Å². The highest BCUT2D eigenvalue weighted by molar-refractivity contribution is 8.14. The lowest BCUT2D eigenvalue weighted by Crippen LogP contribution is -2.35. The first-order valence-corrected chi connectivity index (χ1v) is 9.03. The minimum Gasteiger partial charge on any atom is -0.444 e. The van der Waals surface area contributed by atoms with Crippen molar-refractivity contribution in [2.45, 2.75) is 50.6 Å². The molecule has 1 aliphatic rings. The molecule has 0 aliphatic heterocycles. The van der Waals surface area contributed by atoms with Gasteiger partial charge >= 0.3 is 6.09 Å². The van der Waals surface area contributed by atoms with E-state index in [1.165, 1.54) is 11.8 Å². The highest BCUT2D eigenvalue weighted by atomic mass is 32.2. The van der Waals surface area contributed by atoms with E-state index in [-0.39, 0.29) is 16.3 Å². The molecular formula is C18H25NO4S. The van der Waals surface area contributed by atoms with Gasteiger partial charge in [-0.05, 0) is 39.5 Å². The summed E-state index contributed by atoms with van der Waals surface area (Å²) in [6.07, 6.45) is 0.289. The Morgan fingerprint density at radius 1 is 1.25 bits per heavy atom. The first-order valence-electron chi connectivity index (χ1n) is 8.15. The average Bonchev–Trinajstić information content (AvgIpc) is 2.84. The van der Waals surface area contributed by atoms with Crippen LogP contribution in [-0.4, -0.2) is 39.8 Å². The summed E-state index contributed by atoms with van der Waals surface area (Å²) < 4.78 is 5.20. The van der Waals surface area contributed by atoms with Crippen molar-refractivity contribution in [3.05, 3.63) is 35.9 Å². The zero-order valence-electron chi connectivity index (χ0n) is 14.3. The van der Waals surface area contributed by atoms with Gasteiger partial charge in [0.2, 0.25) is 5.12 Å². The fraction of sp³-hybridized carbons (Fsp3) is 0.556. The number of ether oxygens (including phenoxy) is 1. The van der Waals surface area contributed by atoms with Crippen molar-refractivity contribution in [2.75, 3.05) is 6.54 Å². The number of amides is 1. The van der Waals surface area contributed by atoms with Crippen LogP contribution in [0.4, 0.5) is 4.79 Å². The summed E-state index contributed by atoms with van der Waals surface area (Å²) in [7, 11) is 0. The molecule has 0 bridgehead atoms. The van der Waals surface area contributed by atoms with Crippen molar-refractivity contribution in [1.29, 1.82) is 0 Å². The number of hydrogen-bond donors (Lipinski definition) is 2. The third kappa shape index (κ3) is 5.83. The fourth-order valence-electron chi connectivity index (χ4n) is 2.69. The van der Waals surface area contributed by atoms with E-state index in [2.05, 4.69) is 5.32 Å². The lowest BCUT2D eigenvalue weighted by molar-refractivity contribution is 0.0517. The number of aliphatic hydroxyl groups excluding tert-OH is 1. The van der Waals surface area contributed by atoms with Crippen LogP contribution in [0.1, 0.15) is 44.0 Å². The van der Waals surface area contributed by atoms with Gasteiger partial charge in [-0.3, -0.25) is 4.79 Å². The molecule has 0 spiro atoms. The molecule has 3 atom stereocenters. The number of nitrogens with one attached hydrogen (secondary N) is 1. The van der Waals surface area contributed by atoms with E-state index < -0.39 is 17.8 Å². The highest BCUT2D eigenvalue weighted by Crippen LogP contribution is 2.35. The van der Waals surface area contributed by atoms with Crippen molar-refractivity contribution >= 4 is 23.0 Å². The van der Waals surface area contributed by atoms with Gasteiger partial charge in [0.15, 0.2) is 0 Å². The topological polar surface area (TPSA) is 75.6 Å². The highest BCUT2D eigenvalue weighted by Gasteiger charge is 2.35. The number of thioether (sulfide) groups is 1. The Kier molecular flexibility index (Phi) is 6.29. The molecular weight excluding hydrogens is 326 g/mol. The number of aliphatic hydroxyl groups is 1. The minimum atomic E-state index is -0.534. The summed E-state index contributed by atoms with van der Waals surface area (Å²) in [5, 5.41) is 12.8. The first-order chi connectivity index (χ1) is 11.2. The summed E-state index contributed by atoms with van der Waals surface area (Å²) in [5.41, 5.74) is 0.116. The Morgan fingerprint density at radius 2 is 1.92 bits per heavy atom. The first kappa shape index (κ1) is 18.8. The number of alkyl carbamates (subject to hydrolysis) is 1. The van der Waals surface area contributed by atoms with Gasteiger partial charge in [-0.1, -0.05) is 42.1 Å². The lowest BCUT2D eigenvalue weighted by Gasteiger charge is -2.20. The Hall–Kier alpha value is -1.53. The quantitative estimate of drug-likeness (QED) is 0.871. The molecule has 1 amide bonds. The van der Waals surface area contributed by atoms with E-state index in [0.717, 1.165) is 0 Å². The zero-order valence-corrected chi connectivity index (χ0v) is 15.1. The molecule has 2 rings (SSSR count). The van der Waals surface area contributed by atoms with Crippen LogP contribution in [0.25, 0.3) is 0 Å². The lowest BCUT2D eigenvalue weighted by atomic mass is 10.1. The second-order valence-electron chi connectivity index (χ2n) is 7.10. The van der Waals surface area contributed by atoms with E-state index in [1.54, 1.807) is 12.1 Å². The second-order valence-corrected chi connectivity index (χ2v) is 8.31. The maximum Gasteiger partial charge on any atom is 0.407 e. The van der Waals surface area contributed by atoms with Crippen LogP contribution >= 0.6 is 11.8 Å². The van der Waals surface area contributed by atoms with Crippen molar-refractivity contribution in [2.24, 2.45) is 5.92 Å². The van der Waals surface area contributed by atoms with Crippen molar-refractivity contribution < 1.29 is 19.4 Å². The van der Waals surface area contributed by atoms with Crippen LogP contribution in [0.5, 0.6) is 0 Å². The Morgan fingerprint density at radius 3 is 2.54 bits per heavy atom. The number of rotatable bonds is 4. The molecule has 6 heteroatoms.